The number of nitrogens with zero attached hydrogens (tertiary/aromatic N) is 2. The van der Waals surface area contributed by atoms with Gasteiger partial charge in [-0.2, -0.15) is 10.3 Å². The van der Waals surface area contributed by atoms with Gasteiger partial charge < -0.3 is 10.6 Å². The average Bonchev–Trinajstić information content (AvgIpc) is 2.15. The van der Waals surface area contributed by atoms with Gasteiger partial charge in [0.05, 0.1) is 6.20 Å². The van der Waals surface area contributed by atoms with Gasteiger partial charge in [0, 0.05) is 0 Å². The minimum atomic E-state index is -2.62. The molecule has 0 aliphatic rings. The zero-order chi connectivity index (χ0) is 7.98. The normalized spacial score (nSPS) is 9.60. The first-order valence-electron chi connectivity index (χ1n) is 2.13. The molecule has 1 unspecified atom stereocenters. The lowest BCUT2D eigenvalue weighted by Gasteiger charge is -1.65. The van der Waals surface area contributed by atoms with Gasteiger partial charge in [-0.15, -0.1) is 10.6 Å². The van der Waals surface area contributed by atoms with Crippen molar-refractivity contribution in [2.75, 3.05) is 5.73 Å². The van der Waals surface area contributed by atoms with Crippen molar-refractivity contribution in [3.8, 4) is 0 Å². The summed E-state index contributed by atoms with van der Waals surface area (Å²) in [6, 6.07) is 0. The molecule has 0 saturated heterocycles. The van der Waals surface area contributed by atoms with Crippen LogP contribution >= 0.6 is 8.18 Å². The van der Waals surface area contributed by atoms with E-state index in [1.165, 1.54) is 6.20 Å². The van der Waals surface area contributed by atoms with Crippen molar-refractivity contribution in [1.29, 1.82) is 0 Å². The van der Waals surface area contributed by atoms with E-state index >= 15 is 0 Å². The van der Waals surface area contributed by atoms with Crippen molar-refractivity contribution in [3.05, 3.63) is 6.20 Å². The van der Waals surface area contributed by atoms with E-state index in [1.54, 1.807) is 0 Å². The number of hydrogen-bond donors (Lipinski definition) is 3. The van der Waals surface area contributed by atoms with E-state index in [4.69, 9.17) is 15.2 Å². The quantitative estimate of drug-likeness (QED) is 0.392. The van der Waals surface area contributed by atoms with E-state index in [9.17, 15) is 0 Å². The van der Waals surface area contributed by atoms with Crippen molar-refractivity contribution in [3.63, 3.8) is 0 Å². The second kappa shape index (κ2) is 4.80. The first-order valence-corrected chi connectivity index (χ1v) is 3.38. The summed E-state index contributed by atoms with van der Waals surface area (Å²) in [7, 11) is -2.62. The number of aromatic nitrogens is 3. The Morgan fingerprint density at radius 2 is 2.30 bits per heavy atom. The van der Waals surface area contributed by atoms with Gasteiger partial charge in [0.2, 0.25) is 0 Å². The molecule has 0 bridgehead atoms. The summed E-state index contributed by atoms with van der Waals surface area (Å²) in [6.07, 6.45) is 1.44. The van der Waals surface area contributed by atoms with Gasteiger partial charge in [-0.25, -0.2) is 0 Å². The lowest BCUT2D eigenvalue weighted by Crippen LogP contribution is -1.91. The van der Waals surface area contributed by atoms with Crippen molar-refractivity contribution in [2.24, 2.45) is 5.50 Å². The van der Waals surface area contributed by atoms with Crippen LogP contribution in [-0.4, -0.2) is 15.4 Å². The maximum atomic E-state index is 8.81. The van der Waals surface area contributed by atoms with Crippen LogP contribution in [0.1, 0.15) is 0 Å². The predicted octanol–water partition coefficient (Wildman–Crippen LogP) is -1.65. The molecule has 10 heavy (non-hydrogen) atoms. The molecule has 1 heterocycles. The highest BCUT2D eigenvalue weighted by atomic mass is 31.1. The van der Waals surface area contributed by atoms with Crippen molar-refractivity contribution in [2.45, 2.75) is 0 Å². The molecule has 0 radical (unpaired) electrons. The third kappa shape index (κ3) is 6.96. The monoisotopic (exact) mass is 163 g/mol. The smallest absolute Gasteiger partial charge is 0.405 e. The van der Waals surface area contributed by atoms with E-state index in [-0.39, 0.29) is 0 Å². The Kier molecular flexibility index (Phi) is 4.30. The Morgan fingerprint density at radius 1 is 1.80 bits per heavy atom. The molecule has 0 aliphatic carbocycles. The molecule has 1 aromatic rings. The molecule has 56 valence electrons. The highest BCUT2D eigenvalue weighted by molar-refractivity contribution is 7.33. The Balaban J connectivity index is 0.000000180. The van der Waals surface area contributed by atoms with Crippen LogP contribution in [0.3, 0.4) is 0 Å². The Labute approximate surface area is 57.3 Å². The highest BCUT2D eigenvalue weighted by Gasteiger charge is 1.76. The van der Waals surface area contributed by atoms with Crippen LogP contribution in [-0.2, 0) is 4.57 Å². The molecular formula is C2H6N5O2P. The van der Waals surface area contributed by atoms with Crippen LogP contribution in [0, 0.1) is 0 Å². The van der Waals surface area contributed by atoms with E-state index < -0.39 is 8.18 Å². The first kappa shape index (κ1) is 8.96. The summed E-state index contributed by atoms with van der Waals surface area (Å²) in [5, 5.41) is 9.22. The fourth-order valence-corrected chi connectivity index (χ4v) is 0.210. The summed E-state index contributed by atoms with van der Waals surface area (Å²) in [6.45, 7) is 0. The molecule has 7 nitrogen and oxygen atoms in total. The molecule has 1 aromatic heterocycles. The predicted molar refractivity (Wildman–Crippen MR) is 32.6 cm³/mol. The zero-order valence-electron chi connectivity index (χ0n) is 4.89. The topological polar surface area (TPSA) is 134 Å². The van der Waals surface area contributed by atoms with E-state index in [0.29, 0.717) is 5.82 Å². The highest BCUT2D eigenvalue weighted by Crippen LogP contribution is 1.81. The van der Waals surface area contributed by atoms with Crippen LogP contribution in [0.15, 0.2) is 6.20 Å². The van der Waals surface area contributed by atoms with Gasteiger partial charge in [-0.05, 0) is 0 Å². The molecule has 0 amide bonds. The molecule has 0 spiro atoms. The van der Waals surface area contributed by atoms with Gasteiger partial charge in [0.1, 0.15) is 0 Å². The van der Waals surface area contributed by atoms with Crippen LogP contribution in [0.5, 0.6) is 0 Å². The van der Waals surface area contributed by atoms with Crippen molar-refractivity contribution < 1.29 is 9.46 Å². The number of nitrogen functional groups attached to an aromatic ring is 1. The fraction of sp³-hybridized carbons (Fsp3) is 0. The second-order valence-electron chi connectivity index (χ2n) is 1.18. The van der Waals surface area contributed by atoms with Gasteiger partial charge in [-0.3, -0.25) is 0 Å². The number of anilines is 1. The molecule has 8 heteroatoms. The maximum absolute atomic E-state index is 8.81. The third-order valence-electron chi connectivity index (χ3n) is 0.434. The summed E-state index contributed by atoms with van der Waals surface area (Å²) < 4.78 is 8.81. The van der Waals surface area contributed by atoms with Crippen LogP contribution in [0.4, 0.5) is 5.82 Å². The summed E-state index contributed by atoms with van der Waals surface area (Å²) in [5.41, 5.74) is 9.14. The minimum absolute atomic E-state index is 0.426. The fourth-order valence-electron chi connectivity index (χ4n) is 0.210. The molecule has 0 saturated carbocycles. The lowest BCUT2D eigenvalue weighted by atomic mass is 10.8. The molecule has 5 N–H and O–H groups in total. The molecule has 0 aromatic carbocycles. The number of rotatable bonds is 0. The van der Waals surface area contributed by atoms with Gasteiger partial charge in [-0.1, -0.05) is 4.57 Å². The first-order chi connectivity index (χ1) is 4.63. The van der Waals surface area contributed by atoms with E-state index in [0.717, 1.165) is 0 Å². The van der Waals surface area contributed by atoms with Crippen LogP contribution in [0.25, 0.3) is 0 Å². The molecule has 0 fully saturated rings. The largest absolute Gasteiger partial charge is 0.578 e. The number of H-pyrrole nitrogens is 1. The maximum Gasteiger partial charge on any atom is 0.405 e. The Morgan fingerprint density at radius 3 is 2.40 bits per heavy atom. The van der Waals surface area contributed by atoms with Gasteiger partial charge in [0.15, 0.2) is 5.82 Å². The standard InChI is InChI=1S/C2H4N4.H2NO2P/c3-2-1-4-6-5-2;1-4(2)3/h1H,(H3,3,4,5,6);(H2,1,2,3). The summed E-state index contributed by atoms with van der Waals surface area (Å²) in [5.74, 6) is 0.426. The molecule has 1 atom stereocenters. The van der Waals surface area contributed by atoms with Crippen LogP contribution < -0.4 is 16.1 Å². The van der Waals surface area contributed by atoms with Crippen LogP contribution in [0.2, 0.25) is 0 Å². The zero-order valence-corrected chi connectivity index (χ0v) is 5.78. The third-order valence-corrected chi connectivity index (χ3v) is 0.434. The molecule has 1 rings (SSSR count). The van der Waals surface area contributed by atoms with Gasteiger partial charge in [0.25, 0.3) is 0 Å². The average molecular weight is 163 g/mol. The molecular weight excluding hydrogens is 157 g/mol. The number of aromatic amines is 1. The summed E-state index contributed by atoms with van der Waals surface area (Å²) in [4.78, 5) is 8.81. The van der Waals surface area contributed by atoms with E-state index in [1.807, 2.05) is 0 Å². The second-order valence-corrected chi connectivity index (χ2v) is 1.75. The number of hydrogen-bond acceptors (Lipinski definition) is 5. The number of nitrogens with two attached hydrogens (primary N) is 2. The van der Waals surface area contributed by atoms with Gasteiger partial charge >= 0.3 is 8.18 Å². The number of nitrogens with one attached hydrogen (secondary N) is 1. The summed E-state index contributed by atoms with van der Waals surface area (Å²) >= 11 is 0. The Bertz CT molecular complexity index is 182. The van der Waals surface area contributed by atoms with Crippen molar-refractivity contribution in [1.82, 2.24) is 15.4 Å². The Hall–Kier alpha value is -1.04. The van der Waals surface area contributed by atoms with E-state index in [2.05, 4.69) is 20.9 Å². The lowest BCUT2D eigenvalue weighted by molar-refractivity contribution is -0.164. The SMILES string of the molecule is N[P+](=O)[O-].Nc1cn[nH]n1. The van der Waals surface area contributed by atoms with Crippen molar-refractivity contribution >= 4 is 14.0 Å². The minimum Gasteiger partial charge on any atom is -0.578 e. The molecule has 0 aliphatic heterocycles.